The van der Waals surface area contributed by atoms with Crippen LogP contribution in [0, 0.1) is 24.2 Å². The molecule has 1 aromatic heterocycles. The third kappa shape index (κ3) is 7.79. The van der Waals surface area contributed by atoms with E-state index in [0.29, 0.717) is 12.0 Å². The van der Waals surface area contributed by atoms with Crippen molar-refractivity contribution in [1.82, 2.24) is 4.98 Å². The second-order valence-corrected chi connectivity index (χ2v) is 11.5. The smallest absolute Gasteiger partial charge is 0.309 e. The van der Waals surface area contributed by atoms with E-state index in [1.54, 1.807) is 40.7 Å². The van der Waals surface area contributed by atoms with Gasteiger partial charge >= 0.3 is 5.97 Å². The van der Waals surface area contributed by atoms with Gasteiger partial charge in [0.25, 0.3) is 0 Å². The first-order valence-corrected chi connectivity index (χ1v) is 13.1. The summed E-state index contributed by atoms with van der Waals surface area (Å²) in [6, 6.07) is 0. The number of thiazole rings is 1. The Labute approximate surface area is 212 Å². The predicted octanol–water partition coefficient (Wildman–Crippen LogP) is 5.21. The van der Waals surface area contributed by atoms with E-state index in [1.807, 2.05) is 25.3 Å². The van der Waals surface area contributed by atoms with Crippen LogP contribution < -0.4 is 0 Å². The van der Waals surface area contributed by atoms with Crippen LogP contribution in [0.4, 0.5) is 4.39 Å². The van der Waals surface area contributed by atoms with Gasteiger partial charge in [-0.15, -0.1) is 11.3 Å². The van der Waals surface area contributed by atoms with Crippen LogP contribution >= 0.6 is 11.3 Å². The Balaban J connectivity index is 2.38. The summed E-state index contributed by atoms with van der Waals surface area (Å²) < 4.78 is 20.6. The lowest BCUT2D eigenvalue weighted by Crippen LogP contribution is -2.45. The van der Waals surface area contributed by atoms with Crippen molar-refractivity contribution in [2.24, 2.45) is 17.3 Å². The largest absolute Gasteiger partial charge is 0.457 e. The zero-order valence-electron chi connectivity index (χ0n) is 21.9. The maximum absolute atomic E-state index is 14.9. The number of esters is 1. The third-order valence-electron chi connectivity index (χ3n) is 7.15. The molecule has 0 saturated carbocycles. The third-order valence-corrected chi connectivity index (χ3v) is 7.95. The number of rotatable bonds is 2. The lowest BCUT2D eigenvalue weighted by Gasteiger charge is -2.34. The van der Waals surface area contributed by atoms with Gasteiger partial charge in [0.15, 0.2) is 0 Å². The number of ether oxygens (including phenoxy) is 1. The predicted molar refractivity (Wildman–Crippen MR) is 137 cm³/mol. The van der Waals surface area contributed by atoms with Crippen LogP contribution in [0.25, 0.3) is 6.08 Å². The molecule has 6 atom stereocenters. The molecule has 1 aliphatic heterocycles. The Morgan fingerprint density at radius 2 is 1.89 bits per heavy atom. The number of aliphatic hydroxyl groups excluding tert-OH is 2. The second-order valence-electron chi connectivity index (χ2n) is 10.4. The Kier molecular flexibility index (Phi) is 10.4. The van der Waals surface area contributed by atoms with Crippen molar-refractivity contribution in [3.63, 3.8) is 0 Å². The summed E-state index contributed by atoms with van der Waals surface area (Å²) in [5.41, 5.74) is 0.765. The quantitative estimate of drug-likeness (QED) is 0.419. The molecule has 1 aliphatic rings. The highest BCUT2D eigenvalue weighted by Gasteiger charge is 2.42. The van der Waals surface area contributed by atoms with Gasteiger partial charge in [0.05, 0.1) is 34.7 Å². The number of halogens is 1. The maximum atomic E-state index is 14.9. The number of nitrogens with zero attached hydrogens (tertiary/aromatic N) is 1. The lowest BCUT2D eigenvalue weighted by molar-refractivity contribution is -0.154. The highest BCUT2D eigenvalue weighted by Crippen LogP contribution is 2.33. The fourth-order valence-corrected chi connectivity index (χ4v) is 4.92. The minimum Gasteiger partial charge on any atom is -0.457 e. The molecule has 0 amide bonds. The number of aliphatic hydroxyl groups is 2. The summed E-state index contributed by atoms with van der Waals surface area (Å²) in [5.74, 6) is -2.07. The van der Waals surface area contributed by atoms with Crippen LogP contribution in [0.5, 0.6) is 0 Å². The van der Waals surface area contributed by atoms with Crippen molar-refractivity contribution in [2.45, 2.75) is 98.6 Å². The number of aromatic nitrogens is 1. The molecule has 0 spiro atoms. The van der Waals surface area contributed by atoms with Crippen LogP contribution in [0.3, 0.4) is 0 Å². The normalized spacial score (nSPS) is 32.2. The van der Waals surface area contributed by atoms with Crippen molar-refractivity contribution < 1.29 is 28.9 Å². The van der Waals surface area contributed by atoms with Gasteiger partial charge in [0, 0.05) is 17.7 Å². The van der Waals surface area contributed by atoms with E-state index >= 15 is 0 Å². The van der Waals surface area contributed by atoms with Crippen molar-refractivity contribution >= 4 is 29.2 Å². The fraction of sp³-hybridized carbons (Fsp3) is 0.667. The van der Waals surface area contributed by atoms with E-state index in [-0.39, 0.29) is 31.0 Å². The zero-order valence-corrected chi connectivity index (χ0v) is 22.7. The topological polar surface area (TPSA) is 96.7 Å². The van der Waals surface area contributed by atoms with Crippen LogP contribution in [-0.4, -0.2) is 51.4 Å². The molecule has 8 heteroatoms. The van der Waals surface area contributed by atoms with Crippen LogP contribution in [0.1, 0.15) is 77.9 Å². The summed E-state index contributed by atoms with van der Waals surface area (Å²) in [6.07, 6.45) is -0.0115. The van der Waals surface area contributed by atoms with Gasteiger partial charge in [0.1, 0.15) is 18.1 Å². The van der Waals surface area contributed by atoms with Crippen molar-refractivity contribution in [3.8, 4) is 0 Å². The first-order chi connectivity index (χ1) is 16.2. The van der Waals surface area contributed by atoms with Crippen molar-refractivity contribution in [2.75, 3.05) is 0 Å². The average molecular weight is 510 g/mol. The monoisotopic (exact) mass is 509 g/mol. The molecule has 0 aromatic carbocycles. The van der Waals surface area contributed by atoms with Crippen LogP contribution in [-0.2, 0) is 14.3 Å². The highest BCUT2D eigenvalue weighted by atomic mass is 32.1. The first kappa shape index (κ1) is 29.3. The average Bonchev–Trinajstić information content (AvgIpc) is 3.21. The Bertz CT molecular complexity index is 953. The first-order valence-electron chi connectivity index (χ1n) is 12.2. The second kappa shape index (κ2) is 12.4. The molecule has 0 aliphatic carbocycles. The number of carbonyl (C=O) groups is 2. The van der Waals surface area contributed by atoms with Gasteiger partial charge in [0.2, 0.25) is 0 Å². The minimum absolute atomic E-state index is 0.213. The van der Waals surface area contributed by atoms with E-state index < -0.39 is 41.8 Å². The molecule has 0 bridgehead atoms. The van der Waals surface area contributed by atoms with Gasteiger partial charge in [-0.05, 0) is 56.8 Å². The summed E-state index contributed by atoms with van der Waals surface area (Å²) in [6.45, 7) is 12.0. The molecule has 0 fully saturated rings. The molecule has 35 heavy (non-hydrogen) atoms. The van der Waals surface area contributed by atoms with Crippen LogP contribution in [0.15, 0.2) is 22.6 Å². The molecule has 2 rings (SSSR count). The SMILES string of the molecule is CC1=CC[C@@H](C(C)=Cc2csc(C)n2)OC(=O)C[C@H](O)C(C)(C)C(=O)[C@H](C)[C@@H](O)[C@@H](C)CC[C@H]1F. The number of allylic oxidation sites excluding steroid dienone is 1. The standard InChI is InChI=1S/C27H40FNO5S/c1-15-9-11-22(17(3)12-20-14-35-19(5)29-20)34-24(31)13-23(30)27(6,7)26(33)18(4)25(32)16(2)8-10-21(15)28/h9,12,14,16,18,21-23,25,30,32H,8,10-11,13H2,1-7H3/t16-,18+,21+,22-,23-,25-/m0/s1. The summed E-state index contributed by atoms with van der Waals surface area (Å²) in [5, 5.41) is 24.4. The maximum Gasteiger partial charge on any atom is 0.309 e. The van der Waals surface area contributed by atoms with E-state index in [1.165, 1.54) is 11.3 Å². The molecule has 2 heterocycles. The molecule has 0 saturated heterocycles. The Morgan fingerprint density at radius 1 is 1.23 bits per heavy atom. The van der Waals surface area contributed by atoms with Gasteiger partial charge in [-0.3, -0.25) is 9.59 Å². The molecule has 1 aromatic rings. The number of cyclic esters (lactones) is 1. The molecule has 2 N–H and O–H groups in total. The highest BCUT2D eigenvalue weighted by molar-refractivity contribution is 7.09. The van der Waals surface area contributed by atoms with E-state index in [4.69, 9.17) is 4.74 Å². The van der Waals surface area contributed by atoms with E-state index in [2.05, 4.69) is 4.98 Å². The Hall–Kier alpha value is -1.90. The number of ketones is 1. The fourth-order valence-electron chi connectivity index (χ4n) is 4.35. The lowest BCUT2D eigenvalue weighted by atomic mass is 9.73. The van der Waals surface area contributed by atoms with Gasteiger partial charge in [-0.2, -0.15) is 0 Å². The number of carbonyl (C=O) groups excluding carboxylic acids is 2. The number of aryl methyl sites for hydroxylation is 1. The van der Waals surface area contributed by atoms with Gasteiger partial charge in [-0.25, -0.2) is 9.37 Å². The number of Topliss-reactive ketones (excluding diaryl/α,β-unsaturated/α-hetero) is 1. The van der Waals surface area contributed by atoms with Crippen molar-refractivity contribution in [1.29, 1.82) is 0 Å². The van der Waals surface area contributed by atoms with Crippen LogP contribution in [0.2, 0.25) is 0 Å². The van der Waals surface area contributed by atoms with E-state index in [0.717, 1.165) is 16.3 Å². The van der Waals surface area contributed by atoms with Gasteiger partial charge in [-0.1, -0.05) is 33.8 Å². The molecular weight excluding hydrogens is 469 g/mol. The molecule has 0 radical (unpaired) electrons. The molecular formula is C27H40FNO5S. The number of alkyl halides is 1. The summed E-state index contributed by atoms with van der Waals surface area (Å²) >= 11 is 1.51. The van der Waals surface area contributed by atoms with E-state index in [9.17, 15) is 24.2 Å². The molecule has 196 valence electrons. The summed E-state index contributed by atoms with van der Waals surface area (Å²) in [7, 11) is 0. The molecule has 6 nitrogen and oxygen atoms in total. The van der Waals surface area contributed by atoms with Crippen molar-refractivity contribution in [3.05, 3.63) is 33.3 Å². The summed E-state index contributed by atoms with van der Waals surface area (Å²) in [4.78, 5) is 30.4. The zero-order chi connectivity index (χ0) is 26.5. The Morgan fingerprint density at radius 3 is 2.49 bits per heavy atom. The minimum atomic E-state index is -1.28. The number of hydrogen-bond acceptors (Lipinski definition) is 7. The van der Waals surface area contributed by atoms with Gasteiger partial charge < -0.3 is 14.9 Å². The molecule has 0 unspecified atom stereocenters. The number of hydrogen-bond donors (Lipinski definition) is 2.